The Kier molecular flexibility index (Phi) is 3.88. The van der Waals surface area contributed by atoms with Gasteiger partial charge < -0.3 is 10.4 Å². The van der Waals surface area contributed by atoms with E-state index in [2.05, 4.69) is 5.32 Å². The van der Waals surface area contributed by atoms with Gasteiger partial charge in [-0.05, 0) is 26.2 Å². The molecule has 1 unspecified atom stereocenters. The molecule has 4 nitrogen and oxygen atoms in total. The molecular weight excluding hydrogens is 206 g/mol. The quantitative estimate of drug-likeness (QED) is 0.761. The summed E-state index contributed by atoms with van der Waals surface area (Å²) in [5.41, 5.74) is -0.643. The van der Waals surface area contributed by atoms with Gasteiger partial charge in [0.2, 0.25) is 0 Å². The van der Waals surface area contributed by atoms with E-state index in [9.17, 15) is 9.59 Å². The van der Waals surface area contributed by atoms with Crippen molar-refractivity contribution in [3.8, 4) is 0 Å². The fourth-order valence-corrected chi connectivity index (χ4v) is 1.40. The number of nitrogens with one attached hydrogen (secondary N) is 1. The van der Waals surface area contributed by atoms with E-state index in [0.717, 1.165) is 12.8 Å². The van der Waals surface area contributed by atoms with Crippen LogP contribution in [0.4, 0.5) is 0 Å². The van der Waals surface area contributed by atoms with Gasteiger partial charge in [0.1, 0.15) is 5.54 Å². The Labute approximate surface area is 95.0 Å². The van der Waals surface area contributed by atoms with Crippen molar-refractivity contribution in [1.82, 2.24) is 5.32 Å². The highest BCUT2D eigenvalue weighted by Gasteiger charge is 2.33. The molecule has 1 aliphatic rings. The Morgan fingerprint density at radius 1 is 1.50 bits per heavy atom. The molecule has 0 aromatic heterocycles. The topological polar surface area (TPSA) is 66.4 Å². The third kappa shape index (κ3) is 2.72. The number of carbonyl (C=O) groups excluding carboxylic acids is 1. The zero-order valence-electron chi connectivity index (χ0n) is 9.62. The minimum Gasteiger partial charge on any atom is -0.480 e. The molecule has 0 heterocycles. The van der Waals surface area contributed by atoms with Gasteiger partial charge in [0, 0.05) is 5.57 Å². The van der Waals surface area contributed by atoms with E-state index in [0.29, 0.717) is 12.0 Å². The van der Waals surface area contributed by atoms with Gasteiger partial charge in [-0.25, -0.2) is 4.79 Å². The van der Waals surface area contributed by atoms with Gasteiger partial charge in [-0.15, -0.1) is 0 Å². The van der Waals surface area contributed by atoms with E-state index in [1.807, 2.05) is 12.2 Å². The number of aliphatic carboxylic acids is 1. The second-order valence-corrected chi connectivity index (χ2v) is 4.08. The number of carboxylic acid groups (broad SMARTS) is 1. The van der Waals surface area contributed by atoms with Crippen molar-refractivity contribution in [3.05, 3.63) is 23.8 Å². The lowest BCUT2D eigenvalue weighted by Crippen LogP contribution is -2.52. The van der Waals surface area contributed by atoms with Crippen molar-refractivity contribution in [3.63, 3.8) is 0 Å². The van der Waals surface area contributed by atoms with Crippen molar-refractivity contribution < 1.29 is 14.7 Å². The standard InChI is InChI=1S/C12H17NO3/c1-3-12(2,11(15)16)13-10(14)9-7-5-4-6-8-9/h5,7-8H,3-4,6H2,1-2H3,(H,13,14)(H,15,16). The van der Waals surface area contributed by atoms with Crippen LogP contribution in [-0.4, -0.2) is 22.5 Å². The Morgan fingerprint density at radius 3 is 2.62 bits per heavy atom. The molecule has 4 heteroatoms. The lowest BCUT2D eigenvalue weighted by Gasteiger charge is -2.25. The SMILES string of the molecule is CCC(C)(NC(=O)C1=CCCC=C1)C(=O)O. The molecule has 0 saturated heterocycles. The molecule has 2 N–H and O–H groups in total. The molecule has 1 atom stereocenters. The van der Waals surface area contributed by atoms with Crippen LogP contribution in [0.3, 0.4) is 0 Å². The first-order valence-corrected chi connectivity index (χ1v) is 5.42. The zero-order valence-corrected chi connectivity index (χ0v) is 9.62. The van der Waals surface area contributed by atoms with Crippen LogP contribution in [0.25, 0.3) is 0 Å². The average molecular weight is 223 g/mol. The van der Waals surface area contributed by atoms with E-state index in [-0.39, 0.29) is 5.91 Å². The van der Waals surface area contributed by atoms with E-state index < -0.39 is 11.5 Å². The monoisotopic (exact) mass is 223 g/mol. The number of rotatable bonds is 4. The molecule has 0 aromatic rings. The van der Waals surface area contributed by atoms with E-state index in [1.54, 1.807) is 13.0 Å². The summed E-state index contributed by atoms with van der Waals surface area (Å²) in [6.45, 7) is 3.25. The molecule has 0 fully saturated rings. The molecule has 0 spiro atoms. The number of allylic oxidation sites excluding steroid dienone is 2. The first kappa shape index (κ1) is 12.5. The average Bonchev–Trinajstić information content (AvgIpc) is 2.29. The molecule has 0 aliphatic heterocycles. The molecule has 88 valence electrons. The van der Waals surface area contributed by atoms with E-state index in [1.165, 1.54) is 6.92 Å². The minimum atomic E-state index is -1.19. The van der Waals surface area contributed by atoms with Gasteiger partial charge >= 0.3 is 5.97 Å². The van der Waals surface area contributed by atoms with Gasteiger partial charge in [-0.3, -0.25) is 4.79 Å². The highest BCUT2D eigenvalue weighted by molar-refractivity contribution is 5.99. The second kappa shape index (κ2) is 4.96. The molecule has 0 radical (unpaired) electrons. The third-order valence-corrected chi connectivity index (χ3v) is 2.83. The van der Waals surface area contributed by atoms with Crippen molar-refractivity contribution in [1.29, 1.82) is 0 Å². The summed E-state index contributed by atoms with van der Waals surface area (Å²) in [5.74, 6) is -1.33. The number of amides is 1. The summed E-state index contributed by atoms with van der Waals surface area (Å²) in [6, 6.07) is 0. The Balaban J connectivity index is 2.73. The molecule has 1 amide bonds. The van der Waals surface area contributed by atoms with Crippen molar-refractivity contribution >= 4 is 11.9 Å². The molecule has 1 aliphatic carbocycles. The Morgan fingerprint density at radius 2 is 2.19 bits per heavy atom. The van der Waals surface area contributed by atoms with E-state index >= 15 is 0 Å². The molecule has 0 saturated carbocycles. The third-order valence-electron chi connectivity index (χ3n) is 2.83. The van der Waals surface area contributed by atoms with Gasteiger partial charge in [0.05, 0.1) is 0 Å². The van der Waals surface area contributed by atoms with Gasteiger partial charge in [-0.1, -0.05) is 25.2 Å². The van der Waals surface area contributed by atoms with Crippen LogP contribution in [-0.2, 0) is 9.59 Å². The molecule has 0 aromatic carbocycles. The second-order valence-electron chi connectivity index (χ2n) is 4.08. The van der Waals surface area contributed by atoms with Crippen LogP contribution in [0.5, 0.6) is 0 Å². The number of carboxylic acids is 1. The maximum Gasteiger partial charge on any atom is 0.329 e. The van der Waals surface area contributed by atoms with Crippen molar-refractivity contribution in [2.24, 2.45) is 0 Å². The largest absolute Gasteiger partial charge is 0.480 e. The lowest BCUT2D eigenvalue weighted by molar-refractivity contribution is -0.146. The molecule has 0 bridgehead atoms. The molecule has 1 rings (SSSR count). The van der Waals surface area contributed by atoms with Crippen LogP contribution in [0.15, 0.2) is 23.8 Å². The number of carbonyl (C=O) groups is 2. The van der Waals surface area contributed by atoms with Gasteiger partial charge in [0.15, 0.2) is 0 Å². The van der Waals surface area contributed by atoms with Gasteiger partial charge in [-0.2, -0.15) is 0 Å². The summed E-state index contributed by atoms with van der Waals surface area (Å²) < 4.78 is 0. The van der Waals surface area contributed by atoms with Crippen LogP contribution in [0, 0.1) is 0 Å². The lowest BCUT2D eigenvalue weighted by atomic mass is 9.97. The van der Waals surface area contributed by atoms with Crippen molar-refractivity contribution in [2.75, 3.05) is 0 Å². The summed E-state index contributed by atoms with van der Waals surface area (Å²) in [6.07, 6.45) is 7.59. The zero-order chi connectivity index (χ0) is 12.2. The molecular formula is C12H17NO3. The first-order valence-electron chi connectivity index (χ1n) is 5.42. The highest BCUT2D eigenvalue weighted by Crippen LogP contribution is 2.14. The van der Waals surface area contributed by atoms with E-state index in [4.69, 9.17) is 5.11 Å². The van der Waals surface area contributed by atoms with Crippen LogP contribution in [0.2, 0.25) is 0 Å². The number of hydrogen-bond acceptors (Lipinski definition) is 2. The maximum absolute atomic E-state index is 11.8. The normalized spacial score (nSPS) is 18.5. The predicted molar refractivity (Wildman–Crippen MR) is 60.9 cm³/mol. The summed E-state index contributed by atoms with van der Waals surface area (Å²) in [4.78, 5) is 22.8. The van der Waals surface area contributed by atoms with Crippen molar-refractivity contribution in [2.45, 2.75) is 38.6 Å². The summed E-state index contributed by atoms with van der Waals surface area (Å²) in [7, 11) is 0. The van der Waals surface area contributed by atoms with Crippen LogP contribution < -0.4 is 5.32 Å². The predicted octanol–water partition coefficient (Wildman–Crippen LogP) is 1.63. The molecule has 16 heavy (non-hydrogen) atoms. The number of hydrogen-bond donors (Lipinski definition) is 2. The fraction of sp³-hybridized carbons (Fsp3) is 0.500. The van der Waals surface area contributed by atoms with Crippen LogP contribution in [0.1, 0.15) is 33.1 Å². The smallest absolute Gasteiger partial charge is 0.329 e. The summed E-state index contributed by atoms with van der Waals surface area (Å²) >= 11 is 0. The maximum atomic E-state index is 11.8. The van der Waals surface area contributed by atoms with Crippen LogP contribution >= 0.6 is 0 Å². The van der Waals surface area contributed by atoms with Gasteiger partial charge in [0.25, 0.3) is 5.91 Å². The minimum absolute atomic E-state index is 0.317. The Hall–Kier alpha value is -1.58. The Bertz CT molecular complexity index is 357. The highest BCUT2D eigenvalue weighted by atomic mass is 16.4. The first-order chi connectivity index (χ1) is 7.49. The summed E-state index contributed by atoms with van der Waals surface area (Å²) in [5, 5.41) is 11.6. The fourth-order valence-electron chi connectivity index (χ4n) is 1.40.